The van der Waals surface area contributed by atoms with Gasteiger partial charge >= 0.3 is 11.9 Å². The molecule has 0 spiro atoms. The molecule has 0 N–H and O–H groups in total. The molecule has 1 atom stereocenters. The molecule has 0 saturated carbocycles. The molecule has 0 fully saturated rings. The van der Waals surface area contributed by atoms with E-state index in [4.69, 9.17) is 9.47 Å². The summed E-state index contributed by atoms with van der Waals surface area (Å²) in [4.78, 5) is 35.8. The van der Waals surface area contributed by atoms with Gasteiger partial charge in [-0.3, -0.25) is 14.4 Å². The van der Waals surface area contributed by atoms with Gasteiger partial charge in [-0.2, -0.15) is 0 Å². The van der Waals surface area contributed by atoms with Crippen molar-refractivity contribution in [2.75, 3.05) is 14.2 Å². The van der Waals surface area contributed by atoms with Crippen molar-refractivity contribution in [2.24, 2.45) is 11.3 Å². The molecule has 20 heavy (non-hydrogen) atoms. The minimum absolute atomic E-state index is 0.0786. The van der Waals surface area contributed by atoms with E-state index in [1.807, 2.05) is 13.0 Å². The number of rotatable bonds is 2. The van der Waals surface area contributed by atoms with Crippen LogP contribution in [-0.2, 0) is 23.9 Å². The normalized spacial score (nSPS) is 24.1. The average molecular weight is 278 g/mol. The summed E-state index contributed by atoms with van der Waals surface area (Å²) in [6, 6.07) is 0. The number of hydrogen-bond donors (Lipinski definition) is 0. The van der Waals surface area contributed by atoms with Crippen molar-refractivity contribution >= 4 is 17.7 Å². The van der Waals surface area contributed by atoms with E-state index in [-0.39, 0.29) is 24.5 Å². The van der Waals surface area contributed by atoms with Gasteiger partial charge in [-0.25, -0.2) is 0 Å². The van der Waals surface area contributed by atoms with Crippen molar-refractivity contribution in [1.29, 1.82) is 0 Å². The van der Waals surface area contributed by atoms with E-state index in [2.05, 4.69) is 0 Å². The van der Waals surface area contributed by atoms with Gasteiger partial charge in [0, 0.05) is 5.92 Å². The third-order valence-electron chi connectivity index (χ3n) is 4.22. The summed E-state index contributed by atoms with van der Waals surface area (Å²) >= 11 is 0. The number of ketones is 1. The van der Waals surface area contributed by atoms with Crippen molar-refractivity contribution in [3.8, 4) is 0 Å². The standard InChI is InChI=1S/C15H18O5/c1-9-11-5-7-15(13(17)19-2,14(18)20-3)6-4-10(11)8-12(9)16/h5,8-9H,4,6-7H2,1-3H3. The quantitative estimate of drug-likeness (QED) is 0.566. The first kappa shape index (κ1) is 14.5. The Hall–Kier alpha value is -1.91. The van der Waals surface area contributed by atoms with Crippen molar-refractivity contribution < 1.29 is 23.9 Å². The number of ether oxygens (including phenoxy) is 2. The monoisotopic (exact) mass is 278 g/mol. The second-order valence-electron chi connectivity index (χ2n) is 5.22. The summed E-state index contributed by atoms with van der Waals surface area (Å²) in [6.45, 7) is 1.83. The number of carbonyl (C=O) groups is 3. The maximum Gasteiger partial charge on any atom is 0.323 e. The molecule has 0 radical (unpaired) electrons. The van der Waals surface area contributed by atoms with Gasteiger partial charge in [0.2, 0.25) is 0 Å². The van der Waals surface area contributed by atoms with Crippen molar-refractivity contribution in [1.82, 2.24) is 0 Å². The van der Waals surface area contributed by atoms with Gasteiger partial charge in [0.05, 0.1) is 14.2 Å². The highest BCUT2D eigenvalue weighted by molar-refractivity contribution is 6.02. The molecule has 0 saturated heterocycles. The Kier molecular flexibility index (Phi) is 3.79. The smallest absolute Gasteiger partial charge is 0.323 e. The maximum absolute atomic E-state index is 12.1. The van der Waals surface area contributed by atoms with Crippen LogP contribution in [0.25, 0.3) is 0 Å². The first-order valence-electron chi connectivity index (χ1n) is 6.58. The number of fused-ring (bicyclic) bond motifs is 1. The molecule has 2 aliphatic carbocycles. The summed E-state index contributed by atoms with van der Waals surface area (Å²) in [5.41, 5.74) is 0.534. The SMILES string of the molecule is COC(=O)C1(C(=O)OC)CC=C2C(=CC(=O)C2C)CC1. The second kappa shape index (κ2) is 5.23. The van der Waals surface area contributed by atoms with E-state index < -0.39 is 17.4 Å². The van der Waals surface area contributed by atoms with E-state index in [1.54, 1.807) is 6.08 Å². The van der Waals surface area contributed by atoms with Gasteiger partial charge in [0.1, 0.15) is 0 Å². The fourth-order valence-electron chi connectivity index (χ4n) is 2.91. The van der Waals surface area contributed by atoms with Crippen LogP contribution in [0.4, 0.5) is 0 Å². The predicted molar refractivity (Wildman–Crippen MR) is 70.7 cm³/mol. The minimum Gasteiger partial charge on any atom is -0.468 e. The lowest BCUT2D eigenvalue weighted by molar-refractivity contribution is -0.169. The van der Waals surface area contributed by atoms with Gasteiger partial charge < -0.3 is 9.47 Å². The number of methoxy groups -OCH3 is 2. The molecule has 5 heteroatoms. The first-order valence-corrected chi connectivity index (χ1v) is 6.58. The Morgan fingerprint density at radius 1 is 1.25 bits per heavy atom. The Bertz CT molecular complexity index is 510. The van der Waals surface area contributed by atoms with Crippen LogP contribution in [0.1, 0.15) is 26.2 Å². The van der Waals surface area contributed by atoms with Crippen molar-refractivity contribution in [3.63, 3.8) is 0 Å². The fraction of sp³-hybridized carbons (Fsp3) is 0.533. The van der Waals surface area contributed by atoms with E-state index in [1.165, 1.54) is 14.2 Å². The van der Waals surface area contributed by atoms with E-state index in [0.717, 1.165) is 11.1 Å². The number of hydrogen-bond acceptors (Lipinski definition) is 5. The van der Waals surface area contributed by atoms with Crippen LogP contribution in [0.15, 0.2) is 23.3 Å². The summed E-state index contributed by atoms with van der Waals surface area (Å²) in [5.74, 6) is -1.28. The van der Waals surface area contributed by atoms with Crippen molar-refractivity contribution in [3.05, 3.63) is 23.3 Å². The molecule has 2 rings (SSSR count). The lowest BCUT2D eigenvalue weighted by Gasteiger charge is -2.25. The summed E-state index contributed by atoms with van der Waals surface area (Å²) in [7, 11) is 2.52. The Morgan fingerprint density at radius 3 is 2.40 bits per heavy atom. The van der Waals surface area contributed by atoms with Gasteiger partial charge in [-0.15, -0.1) is 0 Å². The van der Waals surface area contributed by atoms with Crippen LogP contribution in [0.5, 0.6) is 0 Å². The highest BCUT2D eigenvalue weighted by atomic mass is 16.5. The minimum atomic E-state index is -1.30. The van der Waals surface area contributed by atoms with Crippen molar-refractivity contribution in [2.45, 2.75) is 26.2 Å². The number of esters is 2. The van der Waals surface area contributed by atoms with Gasteiger partial charge in [0.25, 0.3) is 0 Å². The molecule has 1 unspecified atom stereocenters. The molecule has 108 valence electrons. The molecular weight excluding hydrogens is 260 g/mol. The van der Waals surface area contributed by atoms with E-state index in [0.29, 0.717) is 6.42 Å². The van der Waals surface area contributed by atoms with Crippen LogP contribution in [-0.4, -0.2) is 31.9 Å². The van der Waals surface area contributed by atoms with E-state index >= 15 is 0 Å². The largest absolute Gasteiger partial charge is 0.468 e. The fourth-order valence-corrected chi connectivity index (χ4v) is 2.91. The average Bonchev–Trinajstić information content (AvgIpc) is 2.64. The zero-order chi connectivity index (χ0) is 14.9. The number of allylic oxidation sites excluding steroid dienone is 4. The summed E-state index contributed by atoms with van der Waals surface area (Å²) < 4.78 is 9.57. The zero-order valence-corrected chi connectivity index (χ0v) is 11.9. The molecule has 5 nitrogen and oxygen atoms in total. The number of carbonyl (C=O) groups excluding carboxylic acids is 3. The molecule has 0 heterocycles. The maximum atomic E-state index is 12.1. The second-order valence-corrected chi connectivity index (χ2v) is 5.22. The highest BCUT2D eigenvalue weighted by Gasteiger charge is 2.49. The lowest BCUT2D eigenvalue weighted by atomic mass is 9.80. The lowest BCUT2D eigenvalue weighted by Crippen LogP contribution is -2.40. The predicted octanol–water partition coefficient (Wildman–Crippen LogP) is 1.57. The van der Waals surface area contributed by atoms with Crippen LogP contribution < -0.4 is 0 Å². The van der Waals surface area contributed by atoms with E-state index in [9.17, 15) is 14.4 Å². The molecular formula is C15H18O5. The molecule has 2 aliphatic rings. The van der Waals surface area contributed by atoms with Crippen LogP contribution in [0, 0.1) is 11.3 Å². The molecule has 0 aromatic heterocycles. The molecule has 0 aliphatic heterocycles. The molecule has 0 bridgehead atoms. The van der Waals surface area contributed by atoms with Gasteiger partial charge in [0.15, 0.2) is 11.2 Å². The summed E-state index contributed by atoms with van der Waals surface area (Å²) in [6.07, 6.45) is 4.41. The Balaban J connectivity index is 2.39. The third-order valence-corrected chi connectivity index (χ3v) is 4.22. The van der Waals surface area contributed by atoms with Gasteiger partial charge in [-0.1, -0.05) is 13.0 Å². The van der Waals surface area contributed by atoms with Crippen LogP contribution in [0.2, 0.25) is 0 Å². The summed E-state index contributed by atoms with van der Waals surface area (Å²) in [5, 5.41) is 0. The third kappa shape index (κ3) is 2.07. The van der Waals surface area contributed by atoms with Gasteiger partial charge in [-0.05, 0) is 36.5 Å². The first-order chi connectivity index (χ1) is 9.46. The van der Waals surface area contributed by atoms with Crippen LogP contribution >= 0.6 is 0 Å². The Labute approximate surface area is 117 Å². The van der Waals surface area contributed by atoms with Crippen LogP contribution in [0.3, 0.4) is 0 Å². The molecule has 0 aromatic carbocycles. The zero-order valence-electron chi connectivity index (χ0n) is 11.9. The highest BCUT2D eigenvalue weighted by Crippen LogP contribution is 2.42. The molecule has 0 aromatic rings. The Morgan fingerprint density at radius 2 is 1.85 bits per heavy atom. The topological polar surface area (TPSA) is 69.7 Å². The molecule has 0 amide bonds.